The monoisotopic (exact) mass is 395 g/mol. The van der Waals surface area contributed by atoms with Gasteiger partial charge in [-0.15, -0.1) is 0 Å². The van der Waals surface area contributed by atoms with Crippen molar-refractivity contribution in [1.29, 1.82) is 0 Å². The lowest BCUT2D eigenvalue weighted by molar-refractivity contribution is -0.384. The van der Waals surface area contributed by atoms with Crippen LogP contribution in [0.4, 0.5) is 24.5 Å². The molecule has 9 heteroatoms. The fraction of sp³-hybridized carbons (Fsp3) is 0.368. The fourth-order valence-corrected chi connectivity index (χ4v) is 3.06. The summed E-state index contributed by atoms with van der Waals surface area (Å²) < 4.78 is 43.7. The van der Waals surface area contributed by atoms with Crippen LogP contribution in [-0.2, 0) is 24.0 Å². The van der Waals surface area contributed by atoms with Gasteiger partial charge >= 0.3 is 6.18 Å². The molecule has 6 nitrogen and oxygen atoms in total. The van der Waals surface area contributed by atoms with E-state index in [9.17, 15) is 23.3 Å². The molecule has 0 aromatic heterocycles. The van der Waals surface area contributed by atoms with Crippen molar-refractivity contribution in [2.45, 2.75) is 19.3 Å². The van der Waals surface area contributed by atoms with Gasteiger partial charge in [-0.2, -0.15) is 13.2 Å². The molecule has 1 aliphatic rings. The van der Waals surface area contributed by atoms with Gasteiger partial charge in [-0.25, -0.2) is 0 Å². The van der Waals surface area contributed by atoms with Crippen LogP contribution in [0.5, 0.6) is 0 Å². The number of hydrogen-bond acceptors (Lipinski definition) is 5. The third-order valence-corrected chi connectivity index (χ3v) is 4.51. The lowest BCUT2D eigenvalue weighted by Crippen LogP contribution is -2.35. The lowest BCUT2D eigenvalue weighted by Gasteiger charge is -2.26. The summed E-state index contributed by atoms with van der Waals surface area (Å²) in [5.41, 5.74) is 0.399. The highest BCUT2D eigenvalue weighted by Crippen LogP contribution is 2.35. The molecule has 0 amide bonds. The van der Waals surface area contributed by atoms with Gasteiger partial charge in [-0.05, 0) is 23.3 Å². The number of anilines is 1. The summed E-state index contributed by atoms with van der Waals surface area (Å²) in [5, 5.41) is 14.0. The van der Waals surface area contributed by atoms with Crippen LogP contribution >= 0.6 is 0 Å². The highest BCUT2D eigenvalue weighted by Gasteiger charge is 2.33. The van der Waals surface area contributed by atoms with Gasteiger partial charge in [-0.3, -0.25) is 15.0 Å². The maximum absolute atomic E-state index is 12.8. The number of rotatable bonds is 6. The Morgan fingerprint density at radius 1 is 1.11 bits per heavy atom. The van der Waals surface area contributed by atoms with Crippen molar-refractivity contribution in [1.82, 2.24) is 4.90 Å². The van der Waals surface area contributed by atoms with Crippen molar-refractivity contribution in [2.24, 2.45) is 0 Å². The van der Waals surface area contributed by atoms with Crippen molar-refractivity contribution in [3.05, 3.63) is 69.3 Å². The third kappa shape index (κ3) is 5.20. The summed E-state index contributed by atoms with van der Waals surface area (Å²) in [6.07, 6.45) is -4.63. The number of halogens is 3. The summed E-state index contributed by atoms with van der Waals surface area (Å²) in [5.74, 6) is 0. The normalized spacial score (nSPS) is 15.4. The van der Waals surface area contributed by atoms with Crippen LogP contribution in [-0.4, -0.2) is 36.1 Å². The van der Waals surface area contributed by atoms with Crippen molar-refractivity contribution in [2.75, 3.05) is 31.6 Å². The summed E-state index contributed by atoms with van der Waals surface area (Å²) in [6, 6.07) is 10.2. The largest absolute Gasteiger partial charge is 0.416 e. The standard InChI is InChI=1S/C19H20F3N3O3/c20-19(21,22)16-4-5-17(18(11-16)25(26)27)23-12-14-2-1-3-15(10-14)13-24-6-8-28-9-7-24/h1-5,10-11,23H,6-9,12-13H2. The second-order valence-electron chi connectivity index (χ2n) is 6.55. The Balaban J connectivity index is 1.70. The molecule has 0 radical (unpaired) electrons. The van der Waals surface area contributed by atoms with E-state index in [1.807, 2.05) is 24.3 Å². The van der Waals surface area contributed by atoms with Gasteiger partial charge in [0.25, 0.3) is 5.69 Å². The van der Waals surface area contributed by atoms with Gasteiger partial charge in [-0.1, -0.05) is 24.3 Å². The maximum atomic E-state index is 12.8. The van der Waals surface area contributed by atoms with Crippen LogP contribution in [0.3, 0.4) is 0 Å². The van der Waals surface area contributed by atoms with E-state index in [0.717, 1.165) is 42.9 Å². The van der Waals surface area contributed by atoms with E-state index in [1.54, 1.807) is 0 Å². The SMILES string of the molecule is O=[N+]([O-])c1cc(C(F)(F)F)ccc1NCc1cccc(CN2CCOCC2)c1. The molecule has 1 aliphatic heterocycles. The third-order valence-electron chi connectivity index (χ3n) is 4.51. The van der Waals surface area contributed by atoms with E-state index in [1.165, 1.54) is 0 Å². The molecule has 2 aromatic carbocycles. The van der Waals surface area contributed by atoms with Crippen molar-refractivity contribution in [3.8, 4) is 0 Å². The van der Waals surface area contributed by atoms with E-state index in [2.05, 4.69) is 10.2 Å². The number of morpholine rings is 1. The molecular formula is C19H20F3N3O3. The number of nitrogens with zero attached hydrogens (tertiary/aromatic N) is 2. The Kier molecular flexibility index (Phi) is 6.15. The first-order valence-corrected chi connectivity index (χ1v) is 8.80. The highest BCUT2D eigenvalue weighted by atomic mass is 19.4. The number of alkyl halides is 3. The Morgan fingerprint density at radius 3 is 2.50 bits per heavy atom. The van der Waals surface area contributed by atoms with Gasteiger partial charge in [0.05, 0.1) is 23.7 Å². The molecule has 2 aromatic rings. The van der Waals surface area contributed by atoms with Crippen LogP contribution < -0.4 is 5.32 Å². The Hall–Kier alpha value is -2.65. The molecule has 28 heavy (non-hydrogen) atoms. The fourth-order valence-electron chi connectivity index (χ4n) is 3.06. The van der Waals surface area contributed by atoms with Crippen LogP contribution in [0.1, 0.15) is 16.7 Å². The van der Waals surface area contributed by atoms with Crippen LogP contribution in [0.2, 0.25) is 0 Å². The van der Waals surface area contributed by atoms with Crippen molar-refractivity contribution >= 4 is 11.4 Å². The van der Waals surface area contributed by atoms with Gasteiger partial charge in [0.15, 0.2) is 0 Å². The smallest absolute Gasteiger partial charge is 0.379 e. The van der Waals surface area contributed by atoms with Crippen LogP contribution in [0.15, 0.2) is 42.5 Å². The second kappa shape index (κ2) is 8.57. The van der Waals surface area contributed by atoms with Crippen molar-refractivity contribution in [3.63, 3.8) is 0 Å². The number of benzene rings is 2. The molecule has 0 aliphatic carbocycles. The summed E-state index contributed by atoms with van der Waals surface area (Å²) in [4.78, 5) is 12.6. The topological polar surface area (TPSA) is 67.6 Å². The van der Waals surface area contributed by atoms with E-state index in [0.29, 0.717) is 19.3 Å². The molecule has 150 valence electrons. The zero-order valence-electron chi connectivity index (χ0n) is 15.0. The molecule has 0 spiro atoms. The molecule has 1 saturated heterocycles. The molecule has 1 fully saturated rings. The van der Waals surface area contributed by atoms with Crippen LogP contribution in [0.25, 0.3) is 0 Å². The minimum atomic E-state index is -4.63. The molecule has 0 unspecified atom stereocenters. The molecule has 0 atom stereocenters. The number of hydrogen-bond donors (Lipinski definition) is 1. The molecule has 1 N–H and O–H groups in total. The first kappa shape index (κ1) is 20.1. The Labute approximate surface area is 160 Å². The lowest BCUT2D eigenvalue weighted by atomic mass is 10.1. The van der Waals surface area contributed by atoms with Crippen molar-refractivity contribution < 1.29 is 22.8 Å². The average molecular weight is 395 g/mol. The number of nitrogens with one attached hydrogen (secondary N) is 1. The molecular weight excluding hydrogens is 375 g/mol. The van der Waals surface area contributed by atoms with Gasteiger partial charge in [0.1, 0.15) is 5.69 Å². The van der Waals surface area contributed by atoms with Gasteiger partial charge < -0.3 is 10.1 Å². The Morgan fingerprint density at radius 2 is 1.82 bits per heavy atom. The van der Waals surface area contributed by atoms with Crippen LogP contribution in [0, 0.1) is 10.1 Å². The summed E-state index contributed by atoms with van der Waals surface area (Å²) in [6.45, 7) is 4.18. The molecule has 0 bridgehead atoms. The van der Waals surface area contributed by atoms with Gasteiger partial charge in [0, 0.05) is 32.2 Å². The average Bonchev–Trinajstić information content (AvgIpc) is 2.66. The van der Waals surface area contributed by atoms with E-state index in [-0.39, 0.29) is 12.2 Å². The maximum Gasteiger partial charge on any atom is 0.416 e. The second-order valence-corrected chi connectivity index (χ2v) is 6.55. The minimum absolute atomic E-state index is 0.0524. The van der Waals surface area contributed by atoms with E-state index in [4.69, 9.17) is 4.74 Å². The predicted molar refractivity (Wildman–Crippen MR) is 98.0 cm³/mol. The minimum Gasteiger partial charge on any atom is -0.379 e. The summed E-state index contributed by atoms with van der Waals surface area (Å²) >= 11 is 0. The number of ether oxygens (including phenoxy) is 1. The Bertz CT molecular complexity index is 837. The number of nitro benzene ring substituents is 1. The van der Waals surface area contributed by atoms with E-state index < -0.39 is 22.4 Å². The molecule has 3 rings (SSSR count). The highest BCUT2D eigenvalue weighted by molar-refractivity contribution is 5.63. The predicted octanol–water partition coefficient (Wildman–Crippen LogP) is 4.06. The van der Waals surface area contributed by atoms with Gasteiger partial charge in [0.2, 0.25) is 0 Å². The first-order valence-electron chi connectivity index (χ1n) is 8.80. The zero-order valence-corrected chi connectivity index (χ0v) is 15.0. The zero-order chi connectivity index (χ0) is 20.1. The summed E-state index contributed by atoms with van der Waals surface area (Å²) in [7, 11) is 0. The quantitative estimate of drug-likeness (QED) is 0.590. The molecule has 1 heterocycles. The number of nitro groups is 1. The first-order chi connectivity index (χ1) is 13.3. The molecule has 0 saturated carbocycles. The van der Waals surface area contributed by atoms with E-state index >= 15 is 0 Å².